The maximum absolute atomic E-state index is 13.0. The van der Waals surface area contributed by atoms with E-state index in [1.54, 1.807) is 17.9 Å². The number of nitrogens with zero attached hydrogens (tertiary/aromatic N) is 4. The first-order valence-electron chi connectivity index (χ1n) is 10.9. The van der Waals surface area contributed by atoms with Gasteiger partial charge in [-0.3, -0.25) is 9.59 Å². The topological polar surface area (TPSA) is 79.1 Å². The van der Waals surface area contributed by atoms with E-state index in [0.717, 1.165) is 31.9 Å². The average Bonchev–Trinajstić information content (AvgIpc) is 3.22. The van der Waals surface area contributed by atoms with Crippen molar-refractivity contribution in [1.82, 2.24) is 19.9 Å². The molecule has 2 atom stereocenters. The van der Waals surface area contributed by atoms with Crippen LogP contribution < -0.4 is 4.74 Å². The maximum Gasteiger partial charge on any atom is 0.276 e. The molecule has 0 bridgehead atoms. The summed E-state index contributed by atoms with van der Waals surface area (Å²) in [7, 11) is 2.07. The largest absolute Gasteiger partial charge is 0.490 e. The highest BCUT2D eigenvalue weighted by Crippen LogP contribution is 2.27. The minimum Gasteiger partial charge on any atom is -0.490 e. The van der Waals surface area contributed by atoms with Crippen LogP contribution in [0.25, 0.3) is 0 Å². The fourth-order valence-corrected chi connectivity index (χ4v) is 4.26. The maximum atomic E-state index is 13.0. The van der Waals surface area contributed by atoms with E-state index in [2.05, 4.69) is 17.1 Å². The highest BCUT2D eigenvalue weighted by molar-refractivity contribution is 5.92. The molecular weight excluding hydrogens is 396 g/mol. The minimum atomic E-state index is -0.160. The molecule has 1 aromatic heterocycles. The van der Waals surface area contributed by atoms with E-state index in [1.165, 1.54) is 0 Å². The third-order valence-electron chi connectivity index (χ3n) is 6.12. The first-order chi connectivity index (χ1) is 15.0. The van der Waals surface area contributed by atoms with Gasteiger partial charge >= 0.3 is 0 Å². The van der Waals surface area contributed by atoms with Gasteiger partial charge in [-0.2, -0.15) is 0 Å². The van der Waals surface area contributed by atoms with Crippen LogP contribution in [0.5, 0.6) is 5.75 Å². The van der Waals surface area contributed by atoms with E-state index in [1.807, 2.05) is 35.2 Å². The lowest BCUT2D eigenvalue weighted by Crippen LogP contribution is -2.51. The smallest absolute Gasteiger partial charge is 0.276 e. The van der Waals surface area contributed by atoms with Crippen molar-refractivity contribution in [3.8, 4) is 5.75 Å². The number of para-hydroxylation sites is 1. The van der Waals surface area contributed by atoms with E-state index in [0.29, 0.717) is 37.4 Å². The van der Waals surface area contributed by atoms with Gasteiger partial charge in [0.05, 0.1) is 0 Å². The lowest BCUT2D eigenvalue weighted by Gasteiger charge is -2.39. The second kappa shape index (κ2) is 9.51. The summed E-state index contributed by atoms with van der Waals surface area (Å²) < 4.78 is 11.3. The lowest BCUT2D eigenvalue weighted by atomic mass is 9.90. The molecule has 0 N–H and O–H groups in total. The van der Waals surface area contributed by atoms with Gasteiger partial charge in [-0.15, -0.1) is 0 Å². The predicted octanol–water partition coefficient (Wildman–Crippen LogP) is 2.06. The number of hydrogen-bond donors (Lipinski definition) is 0. The molecule has 2 aliphatic heterocycles. The number of hydrogen-bond acceptors (Lipinski definition) is 6. The molecule has 2 saturated heterocycles. The van der Waals surface area contributed by atoms with Crippen LogP contribution in [0.2, 0.25) is 0 Å². The normalized spacial score (nSPS) is 22.4. The van der Waals surface area contributed by atoms with E-state index >= 15 is 0 Å². The number of likely N-dealkylation sites (tertiary alicyclic amines) is 1. The SMILES string of the molecule is Cc1cc(C(=O)N2CC[C@H](Oc3ccccc3)[C@@H](CC(=O)N3CCN(C)CC3)C2)no1. The fourth-order valence-electron chi connectivity index (χ4n) is 4.26. The zero-order valence-corrected chi connectivity index (χ0v) is 18.2. The van der Waals surface area contributed by atoms with Crippen molar-refractivity contribution in [2.24, 2.45) is 5.92 Å². The summed E-state index contributed by atoms with van der Waals surface area (Å²) in [6.45, 7) is 6.04. The Bertz CT molecular complexity index is 892. The van der Waals surface area contributed by atoms with Crippen LogP contribution in [0.3, 0.4) is 0 Å². The number of likely N-dealkylation sites (N-methyl/N-ethyl adjacent to an activating group) is 1. The Balaban J connectivity index is 1.46. The molecule has 3 heterocycles. The summed E-state index contributed by atoms with van der Waals surface area (Å²) in [6, 6.07) is 11.3. The number of piperidine rings is 1. The summed E-state index contributed by atoms with van der Waals surface area (Å²) in [6.07, 6.45) is 0.906. The molecule has 8 nitrogen and oxygen atoms in total. The molecule has 0 radical (unpaired) electrons. The van der Waals surface area contributed by atoms with Gasteiger partial charge < -0.3 is 24.0 Å². The van der Waals surface area contributed by atoms with E-state index in [4.69, 9.17) is 9.26 Å². The molecule has 4 rings (SSSR count). The van der Waals surface area contributed by atoms with Gasteiger partial charge in [0.1, 0.15) is 17.6 Å². The first kappa shape index (κ1) is 21.4. The van der Waals surface area contributed by atoms with Gasteiger partial charge in [0.25, 0.3) is 5.91 Å². The Morgan fingerprint density at radius 1 is 1.10 bits per heavy atom. The molecule has 2 amide bonds. The van der Waals surface area contributed by atoms with Gasteiger partial charge in [0, 0.05) is 64.1 Å². The molecule has 31 heavy (non-hydrogen) atoms. The molecule has 2 fully saturated rings. The molecular formula is C23H30N4O4. The summed E-state index contributed by atoms with van der Waals surface area (Å²) in [5, 5.41) is 3.87. The third-order valence-corrected chi connectivity index (χ3v) is 6.12. The highest BCUT2D eigenvalue weighted by atomic mass is 16.5. The van der Waals surface area contributed by atoms with Crippen molar-refractivity contribution >= 4 is 11.8 Å². The fraction of sp³-hybridized carbons (Fsp3) is 0.522. The monoisotopic (exact) mass is 426 g/mol. The molecule has 166 valence electrons. The Hall–Kier alpha value is -2.87. The number of carbonyl (C=O) groups excluding carboxylic acids is 2. The average molecular weight is 427 g/mol. The summed E-state index contributed by atoms with van der Waals surface area (Å²) in [5.41, 5.74) is 0.309. The van der Waals surface area contributed by atoms with Gasteiger partial charge in [0.15, 0.2) is 5.69 Å². The van der Waals surface area contributed by atoms with Gasteiger partial charge in [-0.1, -0.05) is 23.4 Å². The number of rotatable bonds is 5. The second-order valence-electron chi connectivity index (χ2n) is 8.48. The van der Waals surface area contributed by atoms with E-state index in [9.17, 15) is 9.59 Å². The Morgan fingerprint density at radius 2 is 1.84 bits per heavy atom. The van der Waals surface area contributed by atoms with Crippen LogP contribution in [-0.4, -0.2) is 84.1 Å². The first-order valence-corrected chi connectivity index (χ1v) is 10.9. The quantitative estimate of drug-likeness (QED) is 0.728. The van der Waals surface area contributed by atoms with Crippen LogP contribution in [0, 0.1) is 12.8 Å². The predicted molar refractivity (Wildman–Crippen MR) is 115 cm³/mol. The zero-order chi connectivity index (χ0) is 21.8. The van der Waals surface area contributed by atoms with Crippen LogP contribution >= 0.6 is 0 Å². The van der Waals surface area contributed by atoms with Gasteiger partial charge in [-0.25, -0.2) is 0 Å². The van der Waals surface area contributed by atoms with Crippen molar-refractivity contribution in [3.63, 3.8) is 0 Å². The number of benzene rings is 1. The van der Waals surface area contributed by atoms with Gasteiger partial charge in [0.2, 0.25) is 5.91 Å². The van der Waals surface area contributed by atoms with E-state index in [-0.39, 0.29) is 23.8 Å². The Morgan fingerprint density at radius 3 is 2.52 bits per heavy atom. The summed E-state index contributed by atoms with van der Waals surface area (Å²) in [5.74, 6) is 1.28. The number of carbonyl (C=O) groups is 2. The molecule has 8 heteroatoms. The van der Waals surface area contributed by atoms with Crippen molar-refractivity contribution in [2.75, 3.05) is 46.3 Å². The van der Waals surface area contributed by atoms with Gasteiger partial charge in [-0.05, 0) is 26.1 Å². The molecule has 2 aromatic rings. The highest BCUT2D eigenvalue weighted by Gasteiger charge is 2.36. The van der Waals surface area contributed by atoms with Crippen molar-refractivity contribution < 1.29 is 18.8 Å². The third kappa shape index (κ3) is 5.25. The molecule has 2 aliphatic rings. The van der Waals surface area contributed by atoms with Crippen molar-refractivity contribution in [2.45, 2.75) is 25.9 Å². The second-order valence-corrected chi connectivity index (χ2v) is 8.48. The minimum absolute atomic E-state index is 0.0851. The standard InChI is InChI=1S/C23H30N4O4/c1-17-14-20(24-31-17)23(29)27-9-8-21(30-19-6-4-3-5-7-19)18(16-27)15-22(28)26-12-10-25(2)11-13-26/h3-7,14,18,21H,8-13,15-16H2,1-2H3/t18-,21-/m0/s1. The summed E-state index contributed by atoms with van der Waals surface area (Å²) >= 11 is 0. The molecule has 0 spiro atoms. The number of amides is 2. The van der Waals surface area contributed by atoms with Crippen LogP contribution in [-0.2, 0) is 4.79 Å². The number of aromatic nitrogens is 1. The van der Waals surface area contributed by atoms with Crippen LogP contribution in [0.4, 0.5) is 0 Å². The lowest BCUT2D eigenvalue weighted by molar-refractivity contribution is -0.135. The Labute approximate surface area is 182 Å². The zero-order valence-electron chi connectivity index (χ0n) is 18.2. The molecule has 1 aromatic carbocycles. The molecule has 0 saturated carbocycles. The summed E-state index contributed by atoms with van der Waals surface area (Å²) in [4.78, 5) is 31.9. The van der Waals surface area contributed by atoms with Crippen LogP contribution in [0.1, 0.15) is 29.1 Å². The number of ether oxygens (including phenoxy) is 1. The Kier molecular flexibility index (Phi) is 6.56. The van der Waals surface area contributed by atoms with E-state index < -0.39 is 0 Å². The molecule has 0 unspecified atom stereocenters. The number of piperazine rings is 1. The molecule has 0 aliphatic carbocycles. The van der Waals surface area contributed by atoms with Crippen molar-refractivity contribution in [1.29, 1.82) is 0 Å². The number of aryl methyl sites for hydroxylation is 1. The van der Waals surface area contributed by atoms with Crippen molar-refractivity contribution in [3.05, 3.63) is 47.9 Å². The van der Waals surface area contributed by atoms with Crippen LogP contribution in [0.15, 0.2) is 40.9 Å².